The van der Waals surface area contributed by atoms with E-state index in [-0.39, 0.29) is 16.6 Å². The summed E-state index contributed by atoms with van der Waals surface area (Å²) >= 11 is 2.90. The Morgan fingerprint density at radius 1 is 1.45 bits per heavy atom. The van der Waals surface area contributed by atoms with E-state index in [0.29, 0.717) is 6.07 Å². The van der Waals surface area contributed by atoms with Gasteiger partial charge in [0.05, 0.1) is 5.69 Å². The van der Waals surface area contributed by atoms with Crippen LogP contribution in [0, 0.1) is 11.6 Å². The Morgan fingerprint density at radius 2 is 2.10 bits per heavy atom. The van der Waals surface area contributed by atoms with Gasteiger partial charge in [0, 0.05) is 10.5 Å². The number of carboxylic acid groups (broad SMARTS) is 1. The molecule has 0 saturated heterocycles. The van der Waals surface area contributed by atoms with E-state index >= 15 is 0 Å². The van der Waals surface area contributed by atoms with Crippen molar-refractivity contribution < 1.29 is 23.5 Å². The number of amides is 2. The van der Waals surface area contributed by atoms with Gasteiger partial charge in [-0.15, -0.1) is 6.58 Å². The lowest BCUT2D eigenvalue weighted by molar-refractivity contribution is -0.139. The maximum atomic E-state index is 13.5. The Bertz CT molecular complexity index is 528. The minimum Gasteiger partial charge on any atom is -0.480 e. The van der Waals surface area contributed by atoms with Crippen LogP contribution in [0.15, 0.2) is 29.3 Å². The zero-order valence-electron chi connectivity index (χ0n) is 10.1. The number of nitrogens with one attached hydrogen (secondary N) is 2. The molecule has 20 heavy (non-hydrogen) atoms. The van der Waals surface area contributed by atoms with Gasteiger partial charge in [-0.3, -0.25) is 0 Å². The highest BCUT2D eigenvalue weighted by Crippen LogP contribution is 2.26. The van der Waals surface area contributed by atoms with E-state index in [9.17, 15) is 18.4 Å². The minimum absolute atomic E-state index is 0.000690. The Kier molecular flexibility index (Phi) is 5.63. The van der Waals surface area contributed by atoms with Crippen LogP contribution in [0.5, 0.6) is 0 Å². The van der Waals surface area contributed by atoms with Crippen molar-refractivity contribution in [3.63, 3.8) is 0 Å². The van der Waals surface area contributed by atoms with Crippen LogP contribution in [0.4, 0.5) is 19.3 Å². The summed E-state index contributed by atoms with van der Waals surface area (Å²) in [6.07, 6.45) is 1.34. The largest absolute Gasteiger partial charge is 0.480 e. The molecular formula is C12H11BrF2N2O3. The van der Waals surface area contributed by atoms with Crippen molar-refractivity contribution in [1.29, 1.82) is 0 Å². The summed E-state index contributed by atoms with van der Waals surface area (Å²) in [4.78, 5) is 22.4. The minimum atomic E-state index is -1.25. The second-order valence-electron chi connectivity index (χ2n) is 3.76. The molecule has 1 aromatic carbocycles. The molecule has 0 aliphatic rings. The average Bonchev–Trinajstić information content (AvgIpc) is 2.33. The predicted octanol–water partition coefficient (Wildman–Crippen LogP) is 2.88. The van der Waals surface area contributed by atoms with Crippen molar-refractivity contribution in [3.05, 3.63) is 40.9 Å². The average molecular weight is 349 g/mol. The molecule has 2 amide bonds. The molecule has 0 aliphatic heterocycles. The summed E-state index contributed by atoms with van der Waals surface area (Å²) in [5.74, 6) is -3.04. The Hall–Kier alpha value is -1.96. The number of hydrogen-bond acceptors (Lipinski definition) is 2. The molecule has 0 aliphatic carbocycles. The highest BCUT2D eigenvalue weighted by molar-refractivity contribution is 9.10. The van der Waals surface area contributed by atoms with Crippen LogP contribution in [-0.2, 0) is 4.79 Å². The number of benzene rings is 1. The fourth-order valence-electron chi connectivity index (χ4n) is 1.36. The lowest BCUT2D eigenvalue weighted by atomic mass is 10.2. The number of hydrogen-bond donors (Lipinski definition) is 3. The molecule has 108 valence electrons. The Morgan fingerprint density at radius 3 is 2.60 bits per heavy atom. The van der Waals surface area contributed by atoms with Gasteiger partial charge in [0.2, 0.25) is 0 Å². The third-order valence-electron chi connectivity index (χ3n) is 2.25. The number of urea groups is 1. The summed E-state index contributed by atoms with van der Waals surface area (Å²) < 4.78 is 26.3. The summed E-state index contributed by atoms with van der Waals surface area (Å²) in [5, 5.41) is 13.1. The lowest BCUT2D eigenvalue weighted by Crippen LogP contribution is -2.42. The molecule has 5 nitrogen and oxygen atoms in total. The summed E-state index contributed by atoms with van der Waals surface area (Å²) in [7, 11) is 0. The van der Waals surface area contributed by atoms with E-state index in [4.69, 9.17) is 5.11 Å². The van der Waals surface area contributed by atoms with E-state index in [1.807, 2.05) is 0 Å². The molecule has 0 heterocycles. The van der Waals surface area contributed by atoms with Crippen LogP contribution in [0.2, 0.25) is 0 Å². The first-order chi connectivity index (χ1) is 9.35. The van der Waals surface area contributed by atoms with Gasteiger partial charge in [-0.25, -0.2) is 18.4 Å². The normalized spacial score (nSPS) is 11.6. The van der Waals surface area contributed by atoms with Crippen molar-refractivity contribution in [1.82, 2.24) is 5.32 Å². The van der Waals surface area contributed by atoms with Crippen molar-refractivity contribution in [3.8, 4) is 0 Å². The van der Waals surface area contributed by atoms with Crippen molar-refractivity contribution in [2.45, 2.75) is 12.5 Å². The monoisotopic (exact) mass is 348 g/mol. The second-order valence-corrected chi connectivity index (χ2v) is 4.61. The number of carbonyl (C=O) groups is 2. The van der Waals surface area contributed by atoms with Crippen LogP contribution in [0.25, 0.3) is 0 Å². The molecule has 0 spiro atoms. The summed E-state index contributed by atoms with van der Waals surface area (Å²) in [5.41, 5.74) is -0.286. The van der Waals surface area contributed by atoms with Crippen LogP contribution in [0.1, 0.15) is 6.42 Å². The molecule has 0 aromatic heterocycles. The van der Waals surface area contributed by atoms with Gasteiger partial charge >= 0.3 is 12.0 Å². The zero-order valence-corrected chi connectivity index (χ0v) is 11.7. The van der Waals surface area contributed by atoms with Crippen LogP contribution in [-0.4, -0.2) is 23.1 Å². The fourth-order valence-corrected chi connectivity index (χ4v) is 1.86. The molecule has 0 radical (unpaired) electrons. The lowest BCUT2D eigenvalue weighted by Gasteiger charge is -2.14. The molecule has 1 rings (SSSR count). The number of aliphatic carboxylic acids is 1. The van der Waals surface area contributed by atoms with Crippen LogP contribution < -0.4 is 10.6 Å². The molecule has 0 bridgehead atoms. The van der Waals surface area contributed by atoms with Crippen LogP contribution in [0.3, 0.4) is 0 Å². The number of carbonyl (C=O) groups excluding carboxylic acids is 1. The molecule has 8 heteroatoms. The third kappa shape index (κ3) is 4.30. The van der Waals surface area contributed by atoms with Crippen LogP contribution >= 0.6 is 15.9 Å². The number of anilines is 1. The van der Waals surface area contributed by atoms with Gasteiger partial charge < -0.3 is 15.7 Å². The second kappa shape index (κ2) is 6.99. The summed E-state index contributed by atoms with van der Waals surface area (Å²) in [6, 6.07) is -0.546. The highest BCUT2D eigenvalue weighted by atomic mass is 79.9. The van der Waals surface area contributed by atoms with Gasteiger partial charge in [0.1, 0.15) is 11.9 Å². The number of carboxylic acids is 1. The first kappa shape index (κ1) is 16.1. The summed E-state index contributed by atoms with van der Waals surface area (Å²) in [6.45, 7) is 3.37. The number of halogens is 3. The molecule has 1 unspecified atom stereocenters. The highest BCUT2D eigenvalue weighted by Gasteiger charge is 2.20. The molecule has 1 atom stereocenters. The smallest absolute Gasteiger partial charge is 0.326 e. The van der Waals surface area contributed by atoms with Crippen molar-refractivity contribution in [2.24, 2.45) is 0 Å². The van der Waals surface area contributed by atoms with Crippen molar-refractivity contribution in [2.75, 3.05) is 5.32 Å². The first-order valence-corrected chi connectivity index (χ1v) is 6.20. The quantitative estimate of drug-likeness (QED) is 0.716. The van der Waals surface area contributed by atoms with Gasteiger partial charge in [0.15, 0.2) is 5.82 Å². The van der Waals surface area contributed by atoms with E-state index in [2.05, 4.69) is 33.1 Å². The molecule has 0 saturated carbocycles. The fraction of sp³-hybridized carbons (Fsp3) is 0.167. The van der Waals surface area contributed by atoms with Gasteiger partial charge in [-0.1, -0.05) is 6.08 Å². The molecule has 3 N–H and O–H groups in total. The molecular weight excluding hydrogens is 338 g/mol. The van der Waals surface area contributed by atoms with E-state index in [1.165, 1.54) is 6.08 Å². The van der Waals surface area contributed by atoms with E-state index in [0.717, 1.165) is 6.07 Å². The molecule has 0 fully saturated rings. The molecule has 1 aromatic rings. The zero-order chi connectivity index (χ0) is 15.3. The van der Waals surface area contributed by atoms with Crippen molar-refractivity contribution >= 4 is 33.6 Å². The third-order valence-corrected chi connectivity index (χ3v) is 2.88. The number of rotatable bonds is 5. The predicted molar refractivity (Wildman–Crippen MR) is 72.5 cm³/mol. The maximum Gasteiger partial charge on any atom is 0.326 e. The topological polar surface area (TPSA) is 78.4 Å². The first-order valence-electron chi connectivity index (χ1n) is 5.41. The van der Waals surface area contributed by atoms with Gasteiger partial charge in [0.25, 0.3) is 0 Å². The van der Waals surface area contributed by atoms with Gasteiger partial charge in [-0.05, 0) is 28.4 Å². The van der Waals surface area contributed by atoms with Gasteiger partial charge in [-0.2, -0.15) is 0 Å². The standard InChI is InChI=1S/C12H11BrF2N2O3/c1-2-3-9(11(18)19)16-12(20)17-10-7(13)4-6(14)5-8(10)15/h2,4-5,9H,1,3H2,(H,18,19)(H2,16,17,20). The Balaban J connectivity index is 2.81. The van der Waals surface area contributed by atoms with E-state index < -0.39 is 29.7 Å². The van der Waals surface area contributed by atoms with E-state index in [1.54, 1.807) is 0 Å². The maximum absolute atomic E-state index is 13.5. The SMILES string of the molecule is C=CCC(NC(=O)Nc1c(F)cc(F)cc1Br)C(=O)O. The Labute approximate surface area is 121 Å².